The number of halogens is 4. The highest BCUT2D eigenvalue weighted by atomic mass is 19.4. The van der Waals surface area contributed by atoms with Crippen molar-refractivity contribution in [2.45, 2.75) is 24.9 Å². The van der Waals surface area contributed by atoms with E-state index in [1.54, 1.807) is 18.2 Å². The van der Waals surface area contributed by atoms with Gasteiger partial charge in [-0.15, -0.1) is 0 Å². The van der Waals surface area contributed by atoms with E-state index >= 15 is 0 Å². The number of nitrogens with one attached hydrogen (secondary N) is 1. The minimum absolute atomic E-state index is 0.0905. The Morgan fingerprint density at radius 3 is 2.40 bits per heavy atom. The number of rotatable bonds is 5. The first-order valence-corrected chi connectivity index (χ1v) is 8.04. The molecule has 132 valence electrons. The average molecular weight is 351 g/mol. The molecule has 2 unspecified atom stereocenters. The maximum atomic E-state index is 13.7. The number of benzene rings is 2. The van der Waals surface area contributed by atoms with Gasteiger partial charge in [-0.1, -0.05) is 30.3 Å². The molecular formula is C19H17F4NO. The van der Waals surface area contributed by atoms with E-state index in [-0.39, 0.29) is 23.6 Å². The minimum Gasteiger partial charge on any atom is -0.356 e. The Morgan fingerprint density at radius 2 is 1.76 bits per heavy atom. The smallest absolute Gasteiger partial charge is 0.356 e. The Hall–Kier alpha value is -2.37. The van der Waals surface area contributed by atoms with Crippen LogP contribution in [0.3, 0.4) is 0 Å². The Kier molecular flexibility index (Phi) is 4.79. The van der Waals surface area contributed by atoms with E-state index in [1.165, 1.54) is 18.2 Å². The summed E-state index contributed by atoms with van der Waals surface area (Å²) >= 11 is 0. The van der Waals surface area contributed by atoms with Crippen LogP contribution in [0.2, 0.25) is 0 Å². The summed E-state index contributed by atoms with van der Waals surface area (Å²) in [6.07, 6.45) is -3.28. The summed E-state index contributed by atoms with van der Waals surface area (Å²) in [7, 11) is 0. The Bertz CT molecular complexity index is 755. The summed E-state index contributed by atoms with van der Waals surface area (Å²) in [6.45, 7) is 0.338. The SMILES string of the molecule is O=C(NCCc1ccc(C(F)(F)F)cc1)C1CC1c1ccccc1F. The van der Waals surface area contributed by atoms with Crippen LogP contribution in [0.15, 0.2) is 48.5 Å². The van der Waals surface area contributed by atoms with Crippen molar-refractivity contribution < 1.29 is 22.4 Å². The van der Waals surface area contributed by atoms with E-state index in [4.69, 9.17) is 0 Å². The summed E-state index contributed by atoms with van der Waals surface area (Å²) in [5.74, 6) is -0.760. The molecule has 2 atom stereocenters. The van der Waals surface area contributed by atoms with Crippen LogP contribution < -0.4 is 5.32 Å². The Balaban J connectivity index is 1.47. The molecule has 2 aromatic carbocycles. The number of amides is 1. The topological polar surface area (TPSA) is 29.1 Å². The van der Waals surface area contributed by atoms with Gasteiger partial charge in [-0.3, -0.25) is 4.79 Å². The average Bonchev–Trinajstić information content (AvgIpc) is 3.35. The molecular weight excluding hydrogens is 334 g/mol. The summed E-state index contributed by atoms with van der Waals surface area (Å²) in [5.41, 5.74) is 0.589. The molecule has 0 radical (unpaired) electrons. The molecule has 2 nitrogen and oxygen atoms in total. The molecule has 1 aliphatic rings. The molecule has 0 aliphatic heterocycles. The molecule has 1 fully saturated rings. The van der Waals surface area contributed by atoms with Crippen LogP contribution in [0.4, 0.5) is 17.6 Å². The van der Waals surface area contributed by atoms with Gasteiger partial charge in [-0.25, -0.2) is 4.39 Å². The summed E-state index contributed by atoms with van der Waals surface area (Å²) in [5, 5.41) is 2.77. The van der Waals surface area contributed by atoms with Crippen LogP contribution in [0, 0.1) is 11.7 Å². The second kappa shape index (κ2) is 6.86. The highest BCUT2D eigenvalue weighted by molar-refractivity contribution is 5.82. The van der Waals surface area contributed by atoms with Crippen molar-refractivity contribution in [1.29, 1.82) is 0 Å². The van der Waals surface area contributed by atoms with E-state index in [0.717, 1.165) is 17.7 Å². The van der Waals surface area contributed by atoms with Crippen LogP contribution in [-0.4, -0.2) is 12.5 Å². The molecule has 25 heavy (non-hydrogen) atoms. The molecule has 0 spiro atoms. The third kappa shape index (κ3) is 4.18. The van der Waals surface area contributed by atoms with E-state index in [0.29, 0.717) is 24.9 Å². The van der Waals surface area contributed by atoms with Crippen molar-refractivity contribution >= 4 is 5.91 Å². The minimum atomic E-state index is -4.35. The van der Waals surface area contributed by atoms with E-state index in [1.807, 2.05) is 0 Å². The first-order valence-electron chi connectivity index (χ1n) is 8.04. The van der Waals surface area contributed by atoms with Crippen LogP contribution in [0.1, 0.15) is 29.0 Å². The van der Waals surface area contributed by atoms with Crippen LogP contribution in [-0.2, 0) is 17.4 Å². The van der Waals surface area contributed by atoms with Gasteiger partial charge < -0.3 is 5.32 Å². The Labute approximate surface area is 142 Å². The van der Waals surface area contributed by atoms with Crippen molar-refractivity contribution in [2.75, 3.05) is 6.54 Å². The molecule has 1 saturated carbocycles. The molecule has 1 N–H and O–H groups in total. The second-order valence-electron chi connectivity index (χ2n) is 6.21. The number of carbonyl (C=O) groups excluding carboxylic acids is 1. The van der Waals surface area contributed by atoms with Gasteiger partial charge in [0.25, 0.3) is 0 Å². The quantitative estimate of drug-likeness (QED) is 0.800. The number of carbonyl (C=O) groups is 1. The summed E-state index contributed by atoms with van der Waals surface area (Å²) in [6, 6.07) is 11.3. The zero-order valence-electron chi connectivity index (χ0n) is 13.3. The van der Waals surface area contributed by atoms with Gasteiger partial charge in [0, 0.05) is 12.5 Å². The lowest BCUT2D eigenvalue weighted by molar-refractivity contribution is -0.137. The van der Waals surface area contributed by atoms with Gasteiger partial charge in [-0.05, 0) is 48.1 Å². The van der Waals surface area contributed by atoms with Gasteiger partial charge in [0.2, 0.25) is 5.91 Å². The number of hydrogen-bond donors (Lipinski definition) is 1. The zero-order chi connectivity index (χ0) is 18.0. The first kappa shape index (κ1) is 17.5. The molecule has 0 aromatic heterocycles. The first-order chi connectivity index (χ1) is 11.9. The molecule has 0 heterocycles. The predicted octanol–water partition coefficient (Wildman–Crippen LogP) is 4.31. The monoisotopic (exact) mass is 351 g/mol. The fraction of sp³-hybridized carbons (Fsp3) is 0.316. The maximum Gasteiger partial charge on any atom is 0.416 e. The molecule has 3 rings (SSSR count). The standard InChI is InChI=1S/C19H17F4NO/c20-17-4-2-1-3-14(17)15-11-16(15)18(25)24-10-9-12-5-7-13(8-6-12)19(21,22)23/h1-8,15-16H,9-11H2,(H,24,25). The van der Waals surface area contributed by atoms with E-state index in [9.17, 15) is 22.4 Å². The lowest BCUT2D eigenvalue weighted by Gasteiger charge is -2.08. The van der Waals surface area contributed by atoms with Crippen LogP contribution in [0.5, 0.6) is 0 Å². The predicted molar refractivity (Wildman–Crippen MR) is 85.4 cm³/mol. The molecule has 6 heteroatoms. The molecule has 1 amide bonds. The third-order valence-corrected chi connectivity index (χ3v) is 4.43. The van der Waals surface area contributed by atoms with Crippen molar-refractivity contribution in [3.8, 4) is 0 Å². The lowest BCUT2D eigenvalue weighted by atomic mass is 10.1. The number of alkyl halides is 3. The van der Waals surface area contributed by atoms with E-state index < -0.39 is 11.7 Å². The lowest BCUT2D eigenvalue weighted by Crippen LogP contribution is -2.27. The largest absolute Gasteiger partial charge is 0.416 e. The molecule has 0 saturated heterocycles. The molecule has 1 aliphatic carbocycles. The van der Waals surface area contributed by atoms with Crippen molar-refractivity contribution in [1.82, 2.24) is 5.32 Å². The van der Waals surface area contributed by atoms with Gasteiger partial charge >= 0.3 is 6.18 Å². The summed E-state index contributed by atoms with van der Waals surface area (Å²) < 4.78 is 51.2. The highest BCUT2D eigenvalue weighted by Gasteiger charge is 2.44. The molecule has 0 bridgehead atoms. The zero-order valence-corrected chi connectivity index (χ0v) is 13.3. The Morgan fingerprint density at radius 1 is 1.08 bits per heavy atom. The van der Waals surface area contributed by atoms with Gasteiger partial charge in [0.05, 0.1) is 5.56 Å². The van der Waals surface area contributed by atoms with Crippen molar-refractivity contribution in [2.24, 2.45) is 5.92 Å². The third-order valence-electron chi connectivity index (χ3n) is 4.43. The van der Waals surface area contributed by atoms with Crippen molar-refractivity contribution in [3.63, 3.8) is 0 Å². The normalized spacial score (nSPS) is 19.5. The van der Waals surface area contributed by atoms with E-state index in [2.05, 4.69) is 5.32 Å². The van der Waals surface area contributed by atoms with Gasteiger partial charge in [-0.2, -0.15) is 13.2 Å². The van der Waals surface area contributed by atoms with Crippen molar-refractivity contribution in [3.05, 3.63) is 71.0 Å². The summed E-state index contributed by atoms with van der Waals surface area (Å²) in [4.78, 5) is 12.1. The molecule has 2 aromatic rings. The fourth-order valence-electron chi connectivity index (χ4n) is 2.93. The van der Waals surface area contributed by atoms with Gasteiger partial charge in [0.1, 0.15) is 5.82 Å². The second-order valence-corrected chi connectivity index (χ2v) is 6.21. The highest BCUT2D eigenvalue weighted by Crippen LogP contribution is 2.48. The van der Waals surface area contributed by atoms with Crippen LogP contribution in [0.25, 0.3) is 0 Å². The van der Waals surface area contributed by atoms with Gasteiger partial charge in [0.15, 0.2) is 0 Å². The van der Waals surface area contributed by atoms with Crippen LogP contribution >= 0.6 is 0 Å². The maximum absolute atomic E-state index is 13.7. The number of hydrogen-bond acceptors (Lipinski definition) is 1. The fourth-order valence-corrected chi connectivity index (χ4v) is 2.93.